The van der Waals surface area contributed by atoms with Crippen LogP contribution in [0.15, 0.2) is 24.3 Å². The third-order valence-corrected chi connectivity index (χ3v) is 18.3. The number of hydrogen-bond acceptors (Lipinski definition) is 7. The maximum absolute atomic E-state index is 16.4. The lowest BCUT2D eigenvalue weighted by Crippen LogP contribution is -2.01. The Bertz CT molecular complexity index is 2190. The van der Waals surface area contributed by atoms with Crippen molar-refractivity contribution in [2.45, 2.75) is 227 Å². The highest BCUT2D eigenvalue weighted by Gasteiger charge is 2.25. The van der Waals surface area contributed by atoms with E-state index in [1.165, 1.54) is 203 Å². The molecule has 0 amide bonds. The highest BCUT2D eigenvalue weighted by Crippen LogP contribution is 2.52. The van der Waals surface area contributed by atoms with Crippen molar-refractivity contribution in [1.29, 1.82) is 0 Å². The Morgan fingerprint density at radius 1 is 0.424 bits per heavy atom. The molecule has 3 nitrogen and oxygen atoms in total. The molecule has 0 spiro atoms. The third kappa shape index (κ3) is 15.6. The summed E-state index contributed by atoms with van der Waals surface area (Å²) in [6.07, 6.45) is 38.9. The minimum Gasteiger partial charge on any atom is -0.492 e. The van der Waals surface area contributed by atoms with E-state index in [0.29, 0.717) is 11.7 Å². The molecule has 4 heterocycles. The fourth-order valence-corrected chi connectivity index (χ4v) is 14.2. The normalized spacial score (nSPS) is 12.0. The zero-order chi connectivity index (χ0) is 46.4. The highest BCUT2D eigenvalue weighted by atomic mass is 32.1. The van der Waals surface area contributed by atoms with Crippen LogP contribution < -0.4 is 14.2 Å². The van der Waals surface area contributed by atoms with Crippen LogP contribution in [0.25, 0.3) is 50.8 Å². The van der Waals surface area contributed by atoms with Crippen LogP contribution in [-0.4, -0.2) is 19.8 Å². The van der Waals surface area contributed by atoms with Gasteiger partial charge in [0.05, 0.1) is 39.5 Å². The number of rotatable bonds is 37. The summed E-state index contributed by atoms with van der Waals surface area (Å²) in [6.45, 7) is 13.2. The van der Waals surface area contributed by atoms with Crippen molar-refractivity contribution in [3.05, 3.63) is 39.8 Å². The molecule has 6 aromatic rings. The maximum atomic E-state index is 16.4. The first-order valence-corrected chi connectivity index (χ1v) is 30.2. The summed E-state index contributed by atoms with van der Waals surface area (Å²) in [4.78, 5) is 4.56. The van der Waals surface area contributed by atoms with E-state index in [4.69, 9.17) is 14.2 Å². The van der Waals surface area contributed by atoms with Crippen molar-refractivity contribution in [2.24, 2.45) is 0 Å². The monoisotopic (exact) mass is 977 g/mol. The van der Waals surface area contributed by atoms with Crippen molar-refractivity contribution in [3.63, 3.8) is 0 Å². The topological polar surface area (TPSA) is 27.7 Å². The lowest BCUT2D eigenvalue weighted by Gasteiger charge is -2.16. The first-order chi connectivity index (χ1) is 32.4. The number of benzene rings is 2. The van der Waals surface area contributed by atoms with Gasteiger partial charge in [0.25, 0.3) is 0 Å². The van der Waals surface area contributed by atoms with Crippen molar-refractivity contribution < 1.29 is 18.6 Å². The van der Waals surface area contributed by atoms with E-state index in [2.05, 4.69) is 58.9 Å². The summed E-state index contributed by atoms with van der Waals surface area (Å²) in [5, 5.41) is 5.78. The molecule has 2 aromatic carbocycles. The van der Waals surface area contributed by atoms with Gasteiger partial charge in [-0.2, -0.15) is 0 Å². The summed E-state index contributed by atoms with van der Waals surface area (Å²) >= 11 is 6.79. The number of unbranched alkanes of at least 4 members (excludes halogenated alkanes) is 27. The number of halogens is 1. The van der Waals surface area contributed by atoms with E-state index in [9.17, 15) is 0 Å². The largest absolute Gasteiger partial charge is 0.492 e. The molecule has 8 heteroatoms. The fourth-order valence-electron chi connectivity index (χ4n) is 9.63. The Labute approximate surface area is 415 Å². The van der Waals surface area contributed by atoms with Crippen LogP contribution in [-0.2, 0) is 0 Å². The van der Waals surface area contributed by atoms with Crippen LogP contribution in [0.5, 0.6) is 16.6 Å². The van der Waals surface area contributed by atoms with Gasteiger partial charge in [0.2, 0.25) is 5.06 Å². The zero-order valence-electron chi connectivity index (χ0n) is 41.9. The average molecular weight is 978 g/mol. The van der Waals surface area contributed by atoms with E-state index in [-0.39, 0.29) is 5.82 Å². The average Bonchev–Trinajstić information content (AvgIpc) is 4.08. The molecule has 66 heavy (non-hydrogen) atoms. The van der Waals surface area contributed by atoms with Crippen molar-refractivity contribution >= 4 is 86.4 Å². The van der Waals surface area contributed by atoms with E-state index in [1.54, 1.807) is 22.7 Å². The standard InChI is InChI=1S/C58H85FO3S4/c1-6-9-12-15-18-21-24-27-30-33-36-60-53-47-42-49-45(40-46(47)54(56-48(53)39-43(4)63-56)61-37-34-31-28-25-22-19-16-13-10-7-2)41-50(65-49)57-51-52(59)58(66-55(51)44(5)64-57)62-38-35-32-29-26-23-20-17-14-11-8-3/h39-42H,6-38H2,1-5H3. The quantitative estimate of drug-likeness (QED) is 0.0364. The molecule has 0 radical (unpaired) electrons. The predicted octanol–water partition coefficient (Wildman–Crippen LogP) is 21.9. The first kappa shape index (κ1) is 53.0. The molecule has 0 fully saturated rings. The van der Waals surface area contributed by atoms with Crippen LogP contribution in [0.4, 0.5) is 4.39 Å². The zero-order valence-corrected chi connectivity index (χ0v) is 45.1. The summed E-state index contributed by atoms with van der Waals surface area (Å²) in [5.41, 5.74) is 0. The second kappa shape index (κ2) is 29.6. The molecular formula is C58H85FO3S4. The van der Waals surface area contributed by atoms with Crippen LogP contribution >= 0.6 is 45.3 Å². The van der Waals surface area contributed by atoms with Gasteiger partial charge in [0, 0.05) is 35.5 Å². The minimum atomic E-state index is -0.190. The molecule has 0 aliphatic heterocycles. The molecule has 6 rings (SSSR count). The van der Waals surface area contributed by atoms with E-state index in [1.807, 2.05) is 11.3 Å². The Kier molecular flexibility index (Phi) is 23.8. The van der Waals surface area contributed by atoms with Crippen molar-refractivity contribution in [3.8, 4) is 26.3 Å². The SMILES string of the molecule is CCCCCCCCCCCCOc1sc2c(C)sc(-c3cc4cc5c(OCCCCCCCCCCCC)c6sc(C)cc6c(OCCCCCCCCCCCC)c5cc4s3)c2c1F. The van der Waals surface area contributed by atoms with E-state index >= 15 is 4.39 Å². The summed E-state index contributed by atoms with van der Waals surface area (Å²) < 4.78 is 39.7. The molecule has 0 saturated carbocycles. The van der Waals surface area contributed by atoms with Crippen LogP contribution in [0.3, 0.4) is 0 Å². The number of fused-ring (bicyclic) bond motifs is 4. The summed E-state index contributed by atoms with van der Waals surface area (Å²) in [5.74, 6) is 1.80. The van der Waals surface area contributed by atoms with Gasteiger partial charge < -0.3 is 14.2 Å². The molecule has 0 saturated heterocycles. The van der Waals surface area contributed by atoms with Gasteiger partial charge in [0.15, 0.2) is 5.82 Å². The van der Waals surface area contributed by atoms with Crippen molar-refractivity contribution in [2.75, 3.05) is 19.8 Å². The molecular weight excluding hydrogens is 892 g/mol. The molecule has 0 N–H and O–H groups in total. The molecule has 0 bridgehead atoms. The third-order valence-electron chi connectivity index (χ3n) is 13.5. The molecule has 0 aliphatic carbocycles. The lowest BCUT2D eigenvalue weighted by atomic mass is 10.0. The summed E-state index contributed by atoms with van der Waals surface area (Å²) in [6, 6.07) is 9.27. The molecule has 0 aliphatic rings. The Hall–Kier alpha value is -2.39. The number of ether oxygens (including phenoxy) is 3. The van der Waals surface area contributed by atoms with Crippen LogP contribution in [0.1, 0.15) is 223 Å². The molecule has 4 aromatic heterocycles. The Morgan fingerprint density at radius 3 is 1.39 bits per heavy atom. The second-order valence-electron chi connectivity index (χ2n) is 19.3. The predicted molar refractivity (Wildman–Crippen MR) is 295 cm³/mol. The van der Waals surface area contributed by atoms with Gasteiger partial charge in [-0.15, -0.1) is 34.0 Å². The maximum Gasteiger partial charge on any atom is 0.211 e. The fraction of sp³-hybridized carbons (Fsp3) is 0.655. The van der Waals surface area contributed by atoms with Gasteiger partial charge in [-0.3, -0.25) is 0 Å². The van der Waals surface area contributed by atoms with Gasteiger partial charge in [-0.1, -0.05) is 205 Å². The van der Waals surface area contributed by atoms with Gasteiger partial charge in [-0.05, 0) is 62.8 Å². The van der Waals surface area contributed by atoms with Gasteiger partial charge in [-0.25, -0.2) is 4.39 Å². The highest BCUT2D eigenvalue weighted by molar-refractivity contribution is 7.30. The van der Waals surface area contributed by atoms with Crippen LogP contribution in [0.2, 0.25) is 0 Å². The van der Waals surface area contributed by atoms with E-state index in [0.717, 1.165) is 85.9 Å². The first-order valence-electron chi connectivity index (χ1n) is 27.0. The Morgan fingerprint density at radius 2 is 0.879 bits per heavy atom. The molecule has 366 valence electrons. The van der Waals surface area contributed by atoms with Gasteiger partial charge >= 0.3 is 0 Å². The summed E-state index contributed by atoms with van der Waals surface area (Å²) in [7, 11) is 0. The minimum absolute atomic E-state index is 0.190. The van der Waals surface area contributed by atoms with Crippen molar-refractivity contribution in [1.82, 2.24) is 0 Å². The number of thiophene rings is 4. The van der Waals surface area contributed by atoms with Crippen LogP contribution in [0, 0.1) is 19.7 Å². The van der Waals surface area contributed by atoms with Gasteiger partial charge in [0.1, 0.15) is 11.5 Å². The molecule has 0 atom stereocenters. The smallest absolute Gasteiger partial charge is 0.211 e. The van der Waals surface area contributed by atoms with E-state index < -0.39 is 0 Å². The molecule has 0 unspecified atom stereocenters. The number of hydrogen-bond donors (Lipinski definition) is 0. The lowest BCUT2D eigenvalue weighted by molar-refractivity contribution is 0.300. The number of aryl methyl sites for hydroxylation is 2. The second-order valence-corrected chi connectivity index (χ2v) is 23.8. The Balaban J connectivity index is 1.17.